The minimum absolute atomic E-state index is 0.686. The second-order valence-corrected chi connectivity index (χ2v) is 6.54. The van der Waals surface area contributed by atoms with Crippen molar-refractivity contribution in [3.8, 4) is 17.2 Å². The van der Waals surface area contributed by atoms with Crippen LogP contribution in [0.4, 0.5) is 0 Å². The third kappa shape index (κ3) is 2.17. The molecular weight excluding hydrogens is 314 g/mol. The lowest BCUT2D eigenvalue weighted by Gasteiger charge is -2.12. The normalized spacial score (nSPS) is 11.0. The highest BCUT2D eigenvalue weighted by Crippen LogP contribution is 2.36. The average molecular weight is 329 g/mol. The molecule has 0 aliphatic carbocycles. The number of benzene rings is 5. The zero-order valence-corrected chi connectivity index (χ0v) is 14.1. The summed E-state index contributed by atoms with van der Waals surface area (Å²) in [5.41, 5.74) is 2.98. The molecule has 0 N–H and O–H groups in total. The van der Waals surface area contributed by atoms with E-state index in [1.54, 1.807) is 0 Å². The Morgan fingerprint density at radius 2 is 0.923 bits per heavy atom. The van der Waals surface area contributed by atoms with Crippen molar-refractivity contribution < 1.29 is 0 Å². The lowest BCUT2D eigenvalue weighted by molar-refractivity contribution is 1.48. The molecule has 0 saturated carbocycles. The maximum Gasteiger partial charge on any atom is 0.0991 e. The van der Waals surface area contributed by atoms with E-state index in [0.29, 0.717) is 5.56 Å². The molecule has 1 heteroatoms. The molecule has 0 unspecified atom stereocenters. The van der Waals surface area contributed by atoms with Crippen LogP contribution in [0.1, 0.15) is 5.56 Å². The Hall–Kier alpha value is -3.63. The number of fused-ring (bicyclic) bond motifs is 6. The van der Waals surface area contributed by atoms with Crippen LogP contribution >= 0.6 is 0 Å². The Bertz CT molecular complexity index is 1290. The van der Waals surface area contributed by atoms with E-state index in [9.17, 15) is 0 Å². The summed E-state index contributed by atoms with van der Waals surface area (Å²) in [6, 6.07) is 33.8. The smallest absolute Gasteiger partial charge is 0.0991 e. The molecule has 0 aliphatic rings. The van der Waals surface area contributed by atoms with Crippen LogP contribution in [0.25, 0.3) is 43.4 Å². The van der Waals surface area contributed by atoms with Crippen molar-refractivity contribution in [3.63, 3.8) is 0 Å². The predicted octanol–water partition coefficient (Wildman–Crippen LogP) is 6.68. The third-order valence-electron chi connectivity index (χ3n) is 5.09. The molecule has 0 spiro atoms. The summed E-state index contributed by atoms with van der Waals surface area (Å²) in [5, 5.41) is 16.7. The molecule has 26 heavy (non-hydrogen) atoms. The van der Waals surface area contributed by atoms with Crippen molar-refractivity contribution in [1.82, 2.24) is 0 Å². The van der Waals surface area contributed by atoms with Gasteiger partial charge in [0.05, 0.1) is 11.6 Å². The first-order valence-electron chi connectivity index (χ1n) is 8.69. The van der Waals surface area contributed by atoms with Gasteiger partial charge in [-0.1, -0.05) is 72.8 Å². The lowest BCUT2D eigenvalue weighted by Crippen LogP contribution is -1.85. The molecule has 0 aliphatic heterocycles. The highest BCUT2D eigenvalue weighted by Gasteiger charge is 2.09. The maximum atomic E-state index is 9.01. The fraction of sp³-hybridized carbons (Fsp3) is 0. The predicted molar refractivity (Wildman–Crippen MR) is 109 cm³/mol. The first-order chi connectivity index (χ1) is 12.8. The minimum atomic E-state index is 0.686. The molecule has 0 saturated heterocycles. The number of nitriles is 1. The highest BCUT2D eigenvalue weighted by molar-refractivity contribution is 6.25. The fourth-order valence-electron chi connectivity index (χ4n) is 3.82. The van der Waals surface area contributed by atoms with Gasteiger partial charge in [0.15, 0.2) is 0 Å². The van der Waals surface area contributed by atoms with Gasteiger partial charge in [0.1, 0.15) is 0 Å². The summed E-state index contributed by atoms with van der Waals surface area (Å²) in [6.07, 6.45) is 0. The van der Waals surface area contributed by atoms with Crippen LogP contribution in [0.5, 0.6) is 0 Å². The molecule has 5 rings (SSSR count). The van der Waals surface area contributed by atoms with Gasteiger partial charge < -0.3 is 0 Å². The van der Waals surface area contributed by atoms with Gasteiger partial charge in [-0.15, -0.1) is 0 Å². The number of rotatable bonds is 1. The molecule has 0 bridgehead atoms. The first kappa shape index (κ1) is 14.7. The molecule has 5 aromatic carbocycles. The Balaban J connectivity index is 1.87. The van der Waals surface area contributed by atoms with Crippen molar-refractivity contribution in [2.24, 2.45) is 0 Å². The number of hydrogen-bond donors (Lipinski definition) is 0. The second kappa shape index (κ2) is 5.72. The van der Waals surface area contributed by atoms with E-state index in [2.05, 4.69) is 72.8 Å². The Morgan fingerprint density at radius 1 is 0.462 bits per heavy atom. The zero-order chi connectivity index (χ0) is 17.5. The molecule has 0 amide bonds. The molecular formula is C25H15N. The summed E-state index contributed by atoms with van der Waals surface area (Å²) in [5.74, 6) is 0. The standard InChI is InChI=1S/C25H15N/c26-16-17-9-11-18(12-10-17)19-13-14-24-22-7-2-1-5-20(22)21-6-3-4-8-23(21)25(24)15-19/h1-15H. The molecule has 0 fully saturated rings. The topological polar surface area (TPSA) is 23.8 Å². The molecule has 120 valence electrons. The van der Waals surface area contributed by atoms with Gasteiger partial charge in [0.2, 0.25) is 0 Å². The van der Waals surface area contributed by atoms with E-state index in [1.807, 2.05) is 24.3 Å². The van der Waals surface area contributed by atoms with E-state index >= 15 is 0 Å². The van der Waals surface area contributed by atoms with Crippen LogP contribution in [0.2, 0.25) is 0 Å². The monoisotopic (exact) mass is 329 g/mol. The van der Waals surface area contributed by atoms with Gasteiger partial charge in [0, 0.05) is 0 Å². The number of nitrogens with zero attached hydrogens (tertiary/aromatic N) is 1. The molecule has 0 atom stereocenters. The van der Waals surface area contributed by atoms with E-state index in [0.717, 1.165) is 5.56 Å². The van der Waals surface area contributed by atoms with Gasteiger partial charge in [0.25, 0.3) is 0 Å². The molecule has 0 aromatic heterocycles. The molecule has 0 heterocycles. The van der Waals surface area contributed by atoms with Crippen LogP contribution in [0.3, 0.4) is 0 Å². The largest absolute Gasteiger partial charge is 0.192 e. The van der Waals surface area contributed by atoms with Crippen molar-refractivity contribution in [3.05, 3.63) is 96.6 Å². The van der Waals surface area contributed by atoms with Crippen LogP contribution in [-0.4, -0.2) is 0 Å². The van der Waals surface area contributed by atoms with E-state index in [-0.39, 0.29) is 0 Å². The van der Waals surface area contributed by atoms with Crippen LogP contribution < -0.4 is 0 Å². The van der Waals surface area contributed by atoms with Crippen LogP contribution in [0.15, 0.2) is 91.0 Å². The number of hydrogen-bond acceptors (Lipinski definition) is 1. The van der Waals surface area contributed by atoms with Gasteiger partial charge in [-0.25, -0.2) is 0 Å². The van der Waals surface area contributed by atoms with Crippen LogP contribution in [-0.2, 0) is 0 Å². The van der Waals surface area contributed by atoms with Crippen molar-refractivity contribution in [2.75, 3.05) is 0 Å². The zero-order valence-electron chi connectivity index (χ0n) is 14.1. The summed E-state index contributed by atoms with van der Waals surface area (Å²) >= 11 is 0. The van der Waals surface area contributed by atoms with Gasteiger partial charge >= 0.3 is 0 Å². The van der Waals surface area contributed by atoms with Crippen molar-refractivity contribution >= 4 is 32.3 Å². The SMILES string of the molecule is N#Cc1ccc(-c2ccc3c4ccccc4c4ccccc4c3c2)cc1. The average Bonchev–Trinajstić information content (AvgIpc) is 2.74. The molecule has 5 aromatic rings. The van der Waals surface area contributed by atoms with E-state index < -0.39 is 0 Å². The Kier molecular flexibility index (Phi) is 3.23. The summed E-state index contributed by atoms with van der Waals surface area (Å²) in [4.78, 5) is 0. The molecule has 1 nitrogen and oxygen atoms in total. The minimum Gasteiger partial charge on any atom is -0.192 e. The Morgan fingerprint density at radius 3 is 1.46 bits per heavy atom. The van der Waals surface area contributed by atoms with E-state index in [1.165, 1.54) is 37.9 Å². The molecule has 0 radical (unpaired) electrons. The van der Waals surface area contributed by atoms with E-state index in [4.69, 9.17) is 5.26 Å². The van der Waals surface area contributed by atoms with Crippen molar-refractivity contribution in [1.29, 1.82) is 5.26 Å². The van der Waals surface area contributed by atoms with Crippen LogP contribution in [0, 0.1) is 11.3 Å². The lowest BCUT2D eigenvalue weighted by atomic mass is 9.92. The summed E-state index contributed by atoms with van der Waals surface area (Å²) in [6.45, 7) is 0. The third-order valence-corrected chi connectivity index (χ3v) is 5.09. The Labute approximate surface area is 151 Å². The van der Waals surface area contributed by atoms with Gasteiger partial charge in [-0.2, -0.15) is 5.26 Å². The fourth-order valence-corrected chi connectivity index (χ4v) is 3.82. The van der Waals surface area contributed by atoms with Gasteiger partial charge in [-0.3, -0.25) is 0 Å². The second-order valence-electron chi connectivity index (χ2n) is 6.54. The first-order valence-corrected chi connectivity index (χ1v) is 8.69. The summed E-state index contributed by atoms with van der Waals surface area (Å²) < 4.78 is 0. The van der Waals surface area contributed by atoms with Crippen molar-refractivity contribution in [2.45, 2.75) is 0 Å². The summed E-state index contributed by atoms with van der Waals surface area (Å²) in [7, 11) is 0. The highest BCUT2D eigenvalue weighted by atomic mass is 14.2. The quantitative estimate of drug-likeness (QED) is 0.314. The maximum absolute atomic E-state index is 9.01. The van der Waals surface area contributed by atoms with Gasteiger partial charge in [-0.05, 0) is 61.6 Å².